The zero-order valence-electron chi connectivity index (χ0n) is 8.35. The molecule has 0 aromatic carbocycles. The minimum absolute atomic E-state index is 0.708. The number of halogens is 1. The molecule has 0 nitrogen and oxygen atoms in total. The van der Waals surface area contributed by atoms with E-state index >= 15 is 0 Å². The van der Waals surface area contributed by atoms with E-state index in [1.807, 2.05) is 11.3 Å². The predicted molar refractivity (Wildman–Crippen MR) is 65.0 cm³/mol. The van der Waals surface area contributed by atoms with Gasteiger partial charge in [-0.15, -0.1) is 11.3 Å². The van der Waals surface area contributed by atoms with Crippen LogP contribution in [0, 0.1) is 6.92 Å². The molecule has 2 heteroatoms. The minimum atomic E-state index is 0.708. The van der Waals surface area contributed by atoms with Crippen molar-refractivity contribution in [3.05, 3.63) is 21.9 Å². The van der Waals surface area contributed by atoms with Crippen LogP contribution in [0.5, 0.6) is 0 Å². The second kappa shape index (κ2) is 5.82. The molecule has 0 N–H and O–H groups in total. The van der Waals surface area contributed by atoms with Crippen LogP contribution in [0.4, 0.5) is 0 Å². The molecule has 1 heterocycles. The third kappa shape index (κ3) is 4.28. The molecule has 1 unspecified atom stereocenters. The Bertz CT molecular complexity index is 242. The van der Waals surface area contributed by atoms with E-state index in [-0.39, 0.29) is 0 Å². The maximum atomic E-state index is 3.71. The standard InChI is InChI=1S/C11H17BrS/c1-3-4-10(12)6-8-11-7-5-9(2)13-11/h5,7,10H,3-4,6,8H2,1-2H3. The van der Waals surface area contributed by atoms with Gasteiger partial charge in [-0.3, -0.25) is 0 Å². The summed E-state index contributed by atoms with van der Waals surface area (Å²) < 4.78 is 0. The molecule has 0 aliphatic carbocycles. The number of rotatable bonds is 5. The highest BCUT2D eigenvalue weighted by atomic mass is 79.9. The van der Waals surface area contributed by atoms with Crippen LogP contribution >= 0.6 is 27.3 Å². The van der Waals surface area contributed by atoms with Crippen LogP contribution in [-0.4, -0.2) is 4.83 Å². The second-order valence-corrected chi connectivity index (χ2v) is 6.10. The van der Waals surface area contributed by atoms with Gasteiger partial charge in [0.25, 0.3) is 0 Å². The van der Waals surface area contributed by atoms with Crippen LogP contribution < -0.4 is 0 Å². The lowest BCUT2D eigenvalue weighted by Gasteiger charge is -2.05. The first-order valence-electron chi connectivity index (χ1n) is 4.91. The van der Waals surface area contributed by atoms with E-state index in [4.69, 9.17) is 0 Å². The summed E-state index contributed by atoms with van der Waals surface area (Å²) in [5.74, 6) is 0. The SMILES string of the molecule is CCCC(Br)CCc1ccc(C)s1. The molecule has 1 aromatic rings. The number of thiophene rings is 1. The summed E-state index contributed by atoms with van der Waals surface area (Å²) in [6.07, 6.45) is 5.08. The van der Waals surface area contributed by atoms with Crippen LogP contribution in [0.3, 0.4) is 0 Å². The first-order valence-corrected chi connectivity index (χ1v) is 6.65. The third-order valence-electron chi connectivity index (χ3n) is 2.10. The molecule has 0 bridgehead atoms. The summed E-state index contributed by atoms with van der Waals surface area (Å²) in [6, 6.07) is 4.47. The molecular formula is C11H17BrS. The van der Waals surface area contributed by atoms with Gasteiger partial charge in [0.2, 0.25) is 0 Å². The molecular weight excluding hydrogens is 244 g/mol. The Labute approximate surface area is 93.5 Å². The molecule has 1 rings (SSSR count). The first-order chi connectivity index (χ1) is 6.22. The topological polar surface area (TPSA) is 0 Å². The summed E-state index contributed by atoms with van der Waals surface area (Å²) in [5, 5.41) is 0. The molecule has 13 heavy (non-hydrogen) atoms. The molecule has 1 atom stereocenters. The Morgan fingerprint density at radius 3 is 2.69 bits per heavy atom. The highest BCUT2D eigenvalue weighted by molar-refractivity contribution is 9.09. The predicted octanol–water partition coefficient (Wildman–Crippen LogP) is 4.55. The lowest BCUT2D eigenvalue weighted by atomic mass is 10.1. The number of hydrogen-bond acceptors (Lipinski definition) is 1. The fraction of sp³-hybridized carbons (Fsp3) is 0.636. The van der Waals surface area contributed by atoms with E-state index in [0.29, 0.717) is 4.83 Å². The van der Waals surface area contributed by atoms with Crippen molar-refractivity contribution < 1.29 is 0 Å². The fourth-order valence-electron chi connectivity index (χ4n) is 1.38. The Morgan fingerprint density at radius 1 is 1.38 bits per heavy atom. The maximum Gasteiger partial charge on any atom is 0.0149 e. The van der Waals surface area contributed by atoms with Crippen molar-refractivity contribution in [1.82, 2.24) is 0 Å². The Balaban J connectivity index is 2.26. The molecule has 0 aliphatic rings. The van der Waals surface area contributed by atoms with Gasteiger partial charge in [-0.2, -0.15) is 0 Å². The van der Waals surface area contributed by atoms with E-state index in [1.165, 1.54) is 35.4 Å². The monoisotopic (exact) mass is 260 g/mol. The van der Waals surface area contributed by atoms with Gasteiger partial charge >= 0.3 is 0 Å². The molecule has 0 saturated heterocycles. The van der Waals surface area contributed by atoms with Crippen LogP contribution in [-0.2, 0) is 6.42 Å². The fourth-order valence-corrected chi connectivity index (χ4v) is 2.97. The molecule has 0 radical (unpaired) electrons. The summed E-state index contributed by atoms with van der Waals surface area (Å²) in [6.45, 7) is 4.41. The largest absolute Gasteiger partial charge is 0.146 e. The molecule has 0 spiro atoms. The smallest absolute Gasteiger partial charge is 0.0149 e. The molecule has 1 aromatic heterocycles. The molecule has 0 aliphatic heterocycles. The quantitative estimate of drug-likeness (QED) is 0.682. The van der Waals surface area contributed by atoms with Gasteiger partial charge < -0.3 is 0 Å². The van der Waals surface area contributed by atoms with Gasteiger partial charge in [-0.25, -0.2) is 0 Å². The summed E-state index contributed by atoms with van der Waals surface area (Å²) in [5.41, 5.74) is 0. The van der Waals surface area contributed by atoms with Crippen LogP contribution in [0.25, 0.3) is 0 Å². The van der Waals surface area contributed by atoms with Crippen molar-refractivity contribution in [2.45, 2.75) is 44.4 Å². The van der Waals surface area contributed by atoms with Gasteiger partial charge in [0.05, 0.1) is 0 Å². The minimum Gasteiger partial charge on any atom is -0.146 e. The van der Waals surface area contributed by atoms with Crippen molar-refractivity contribution >= 4 is 27.3 Å². The van der Waals surface area contributed by atoms with Crippen molar-refractivity contribution in [3.63, 3.8) is 0 Å². The number of aryl methyl sites for hydroxylation is 2. The highest BCUT2D eigenvalue weighted by Crippen LogP contribution is 2.20. The average molecular weight is 261 g/mol. The van der Waals surface area contributed by atoms with Gasteiger partial charge in [-0.1, -0.05) is 29.3 Å². The van der Waals surface area contributed by atoms with Crippen LogP contribution in [0.2, 0.25) is 0 Å². The second-order valence-electron chi connectivity index (χ2n) is 3.44. The van der Waals surface area contributed by atoms with Gasteiger partial charge in [0.1, 0.15) is 0 Å². The van der Waals surface area contributed by atoms with E-state index in [2.05, 4.69) is 41.9 Å². The Hall–Kier alpha value is 0.180. The Kier molecular flexibility index (Phi) is 5.04. The zero-order chi connectivity index (χ0) is 9.68. The lowest BCUT2D eigenvalue weighted by Crippen LogP contribution is -1.98. The van der Waals surface area contributed by atoms with E-state index in [1.54, 1.807) is 0 Å². The van der Waals surface area contributed by atoms with Gasteiger partial charge in [-0.05, 0) is 38.3 Å². The van der Waals surface area contributed by atoms with Crippen LogP contribution in [0.15, 0.2) is 12.1 Å². The zero-order valence-corrected chi connectivity index (χ0v) is 10.7. The van der Waals surface area contributed by atoms with Crippen molar-refractivity contribution in [3.8, 4) is 0 Å². The lowest BCUT2D eigenvalue weighted by molar-refractivity contribution is 0.697. The average Bonchev–Trinajstić information content (AvgIpc) is 2.49. The van der Waals surface area contributed by atoms with Crippen LogP contribution in [0.1, 0.15) is 35.9 Å². The van der Waals surface area contributed by atoms with Crippen molar-refractivity contribution in [2.24, 2.45) is 0 Å². The summed E-state index contributed by atoms with van der Waals surface area (Å²) in [7, 11) is 0. The third-order valence-corrected chi connectivity index (χ3v) is 4.08. The number of alkyl halides is 1. The molecule has 0 saturated carbocycles. The molecule has 0 amide bonds. The van der Waals surface area contributed by atoms with Crippen molar-refractivity contribution in [2.75, 3.05) is 0 Å². The highest BCUT2D eigenvalue weighted by Gasteiger charge is 2.04. The molecule has 0 fully saturated rings. The van der Waals surface area contributed by atoms with Gasteiger partial charge in [0.15, 0.2) is 0 Å². The van der Waals surface area contributed by atoms with E-state index in [0.717, 1.165) is 0 Å². The van der Waals surface area contributed by atoms with Crippen molar-refractivity contribution in [1.29, 1.82) is 0 Å². The van der Waals surface area contributed by atoms with E-state index < -0.39 is 0 Å². The molecule has 74 valence electrons. The van der Waals surface area contributed by atoms with Gasteiger partial charge in [0, 0.05) is 14.6 Å². The first kappa shape index (κ1) is 11.3. The Morgan fingerprint density at radius 2 is 2.15 bits per heavy atom. The number of hydrogen-bond donors (Lipinski definition) is 0. The maximum absolute atomic E-state index is 3.71. The summed E-state index contributed by atoms with van der Waals surface area (Å²) in [4.78, 5) is 3.66. The summed E-state index contributed by atoms with van der Waals surface area (Å²) >= 11 is 5.63. The van der Waals surface area contributed by atoms with E-state index in [9.17, 15) is 0 Å². The normalized spacial score (nSPS) is 13.2.